The largest absolute Gasteiger partial charge is 0.493 e. The third-order valence-corrected chi connectivity index (χ3v) is 2.56. The van der Waals surface area contributed by atoms with E-state index in [2.05, 4.69) is 5.10 Å². The lowest BCUT2D eigenvalue weighted by atomic mass is 10.1. The minimum Gasteiger partial charge on any atom is -0.493 e. The fourth-order valence-electron chi connectivity index (χ4n) is 1.60. The molecule has 0 saturated heterocycles. The van der Waals surface area contributed by atoms with Gasteiger partial charge in [-0.25, -0.2) is 0 Å². The van der Waals surface area contributed by atoms with Crippen LogP contribution in [0.4, 0.5) is 0 Å². The molecule has 0 aliphatic carbocycles. The Morgan fingerprint density at radius 1 is 1.59 bits per heavy atom. The number of carbonyl (C=O) groups excluding carboxylic acids is 1. The molecule has 0 aromatic carbocycles. The Hall–Kier alpha value is -1.40. The maximum atomic E-state index is 12.1. The molecule has 0 fully saturated rings. The molecule has 1 heterocycles. The average molecular weight is 241 g/mol. The monoisotopic (exact) mass is 241 g/mol. The van der Waals surface area contributed by atoms with E-state index in [0.29, 0.717) is 24.5 Å². The van der Waals surface area contributed by atoms with Crippen molar-refractivity contribution < 1.29 is 14.3 Å². The molecule has 1 atom stereocenters. The molecule has 0 bridgehead atoms. The van der Waals surface area contributed by atoms with E-state index in [4.69, 9.17) is 15.2 Å². The molecule has 1 aromatic heterocycles. The van der Waals surface area contributed by atoms with Crippen molar-refractivity contribution in [3.63, 3.8) is 0 Å². The van der Waals surface area contributed by atoms with Crippen molar-refractivity contribution in [2.75, 3.05) is 20.8 Å². The van der Waals surface area contributed by atoms with Crippen molar-refractivity contribution in [3.8, 4) is 5.75 Å². The maximum Gasteiger partial charge on any atom is 0.201 e. The Morgan fingerprint density at radius 3 is 2.88 bits per heavy atom. The molecule has 0 amide bonds. The quantitative estimate of drug-likeness (QED) is 0.551. The molecule has 0 radical (unpaired) electrons. The SMILES string of the molecule is COCCCC(N)C(=O)c1c(OC)cnn1C. The van der Waals surface area contributed by atoms with Crippen LogP contribution >= 0.6 is 0 Å². The molecule has 0 aliphatic heterocycles. The maximum absolute atomic E-state index is 12.1. The third-order valence-electron chi connectivity index (χ3n) is 2.56. The van der Waals surface area contributed by atoms with E-state index in [9.17, 15) is 4.79 Å². The Kier molecular flexibility index (Phi) is 5.11. The molecule has 0 aliphatic rings. The van der Waals surface area contributed by atoms with Crippen LogP contribution in [-0.2, 0) is 11.8 Å². The van der Waals surface area contributed by atoms with Gasteiger partial charge in [-0.2, -0.15) is 5.10 Å². The minimum atomic E-state index is -0.547. The highest BCUT2D eigenvalue weighted by Crippen LogP contribution is 2.18. The second-order valence-corrected chi connectivity index (χ2v) is 3.79. The fraction of sp³-hybridized carbons (Fsp3) is 0.636. The molecule has 6 heteroatoms. The molecule has 1 rings (SSSR count). The Balaban J connectivity index is 2.70. The van der Waals surface area contributed by atoms with E-state index in [1.165, 1.54) is 18.0 Å². The zero-order valence-corrected chi connectivity index (χ0v) is 10.5. The van der Waals surface area contributed by atoms with Crippen LogP contribution in [0, 0.1) is 0 Å². The van der Waals surface area contributed by atoms with Gasteiger partial charge in [-0.3, -0.25) is 9.48 Å². The second-order valence-electron chi connectivity index (χ2n) is 3.79. The summed E-state index contributed by atoms with van der Waals surface area (Å²) >= 11 is 0. The van der Waals surface area contributed by atoms with Crippen molar-refractivity contribution in [1.29, 1.82) is 0 Å². The molecule has 2 N–H and O–H groups in total. The summed E-state index contributed by atoms with van der Waals surface area (Å²) in [5, 5.41) is 3.98. The number of nitrogens with zero attached hydrogens (tertiary/aromatic N) is 2. The number of rotatable bonds is 7. The molecule has 1 aromatic rings. The van der Waals surface area contributed by atoms with Crippen molar-refractivity contribution in [2.24, 2.45) is 12.8 Å². The van der Waals surface area contributed by atoms with Gasteiger partial charge < -0.3 is 15.2 Å². The Bertz CT molecular complexity index is 376. The summed E-state index contributed by atoms with van der Waals surface area (Å²) < 4.78 is 11.5. The number of methoxy groups -OCH3 is 2. The fourth-order valence-corrected chi connectivity index (χ4v) is 1.60. The molecule has 0 saturated carbocycles. The summed E-state index contributed by atoms with van der Waals surface area (Å²) in [4.78, 5) is 12.1. The van der Waals surface area contributed by atoms with Crippen molar-refractivity contribution in [3.05, 3.63) is 11.9 Å². The number of Topliss-reactive ketones (excluding diaryl/α,β-unsaturated/α-hetero) is 1. The lowest BCUT2D eigenvalue weighted by Crippen LogP contribution is -2.32. The molecule has 17 heavy (non-hydrogen) atoms. The summed E-state index contributed by atoms with van der Waals surface area (Å²) in [5.74, 6) is 0.303. The van der Waals surface area contributed by atoms with Crippen LogP contribution in [0.3, 0.4) is 0 Å². The third kappa shape index (κ3) is 3.28. The standard InChI is InChI=1S/C11H19N3O3/c1-14-10(9(17-3)7-13-14)11(15)8(12)5-4-6-16-2/h7-8H,4-6,12H2,1-3H3. The number of hydrogen-bond donors (Lipinski definition) is 1. The van der Waals surface area contributed by atoms with E-state index in [1.54, 1.807) is 14.2 Å². The predicted octanol–water partition coefficient (Wildman–Crippen LogP) is 0.365. The van der Waals surface area contributed by atoms with Crippen LogP contribution in [0.15, 0.2) is 6.20 Å². The first-order valence-corrected chi connectivity index (χ1v) is 5.46. The topological polar surface area (TPSA) is 79.4 Å². The lowest BCUT2D eigenvalue weighted by Gasteiger charge is -2.11. The van der Waals surface area contributed by atoms with Crippen LogP contribution in [0.25, 0.3) is 0 Å². The number of carbonyl (C=O) groups is 1. The van der Waals surface area contributed by atoms with Gasteiger partial charge in [-0.1, -0.05) is 0 Å². The van der Waals surface area contributed by atoms with E-state index in [-0.39, 0.29) is 5.78 Å². The van der Waals surface area contributed by atoms with E-state index >= 15 is 0 Å². The van der Waals surface area contributed by atoms with Crippen LogP contribution in [0.5, 0.6) is 5.75 Å². The molecule has 1 unspecified atom stereocenters. The van der Waals surface area contributed by atoms with Crippen LogP contribution in [0.2, 0.25) is 0 Å². The van der Waals surface area contributed by atoms with Crippen molar-refractivity contribution in [1.82, 2.24) is 9.78 Å². The molecular formula is C11H19N3O3. The molecule has 6 nitrogen and oxygen atoms in total. The Morgan fingerprint density at radius 2 is 2.29 bits per heavy atom. The highest BCUT2D eigenvalue weighted by molar-refractivity contribution is 6.00. The first-order chi connectivity index (χ1) is 8.11. The summed E-state index contributed by atoms with van der Waals surface area (Å²) in [7, 11) is 4.82. The highest BCUT2D eigenvalue weighted by Gasteiger charge is 2.23. The van der Waals surface area contributed by atoms with E-state index in [0.717, 1.165) is 6.42 Å². The van der Waals surface area contributed by atoms with Crippen LogP contribution in [0.1, 0.15) is 23.3 Å². The number of ether oxygens (including phenoxy) is 2. The van der Waals surface area contributed by atoms with E-state index < -0.39 is 6.04 Å². The van der Waals surface area contributed by atoms with Gasteiger partial charge in [0, 0.05) is 20.8 Å². The van der Waals surface area contributed by atoms with Gasteiger partial charge in [0.1, 0.15) is 5.69 Å². The predicted molar refractivity (Wildman–Crippen MR) is 63.2 cm³/mol. The lowest BCUT2D eigenvalue weighted by molar-refractivity contribution is 0.0938. The average Bonchev–Trinajstić information content (AvgIpc) is 2.69. The number of hydrogen-bond acceptors (Lipinski definition) is 5. The zero-order valence-electron chi connectivity index (χ0n) is 10.5. The van der Waals surface area contributed by atoms with Gasteiger partial charge >= 0.3 is 0 Å². The Labute approximate surface area is 101 Å². The van der Waals surface area contributed by atoms with Crippen molar-refractivity contribution >= 4 is 5.78 Å². The van der Waals surface area contributed by atoms with Gasteiger partial charge in [-0.15, -0.1) is 0 Å². The second kappa shape index (κ2) is 6.36. The first-order valence-electron chi connectivity index (χ1n) is 5.46. The number of ketones is 1. The molecule has 0 spiro atoms. The van der Waals surface area contributed by atoms with Gasteiger partial charge in [0.05, 0.1) is 19.3 Å². The van der Waals surface area contributed by atoms with Gasteiger partial charge in [0.2, 0.25) is 5.78 Å². The van der Waals surface area contributed by atoms with Crippen molar-refractivity contribution in [2.45, 2.75) is 18.9 Å². The minimum absolute atomic E-state index is 0.155. The first kappa shape index (κ1) is 13.7. The van der Waals surface area contributed by atoms with E-state index in [1.807, 2.05) is 0 Å². The van der Waals surface area contributed by atoms with Crippen LogP contribution < -0.4 is 10.5 Å². The normalized spacial score (nSPS) is 12.5. The van der Waals surface area contributed by atoms with Gasteiger partial charge in [0.15, 0.2) is 5.75 Å². The molecular weight excluding hydrogens is 222 g/mol. The molecule has 96 valence electrons. The highest BCUT2D eigenvalue weighted by atomic mass is 16.5. The zero-order chi connectivity index (χ0) is 12.8. The summed E-state index contributed by atoms with van der Waals surface area (Å²) in [6.07, 6.45) is 2.85. The summed E-state index contributed by atoms with van der Waals surface area (Å²) in [6.45, 7) is 0.601. The summed E-state index contributed by atoms with van der Waals surface area (Å²) in [6, 6.07) is -0.547. The number of nitrogens with two attached hydrogens (primary N) is 1. The van der Waals surface area contributed by atoms with Gasteiger partial charge in [-0.05, 0) is 12.8 Å². The smallest absolute Gasteiger partial charge is 0.201 e. The number of aromatic nitrogens is 2. The summed E-state index contributed by atoms with van der Waals surface area (Å²) in [5.41, 5.74) is 6.25. The number of aryl methyl sites for hydroxylation is 1. The van der Waals surface area contributed by atoms with Gasteiger partial charge in [0.25, 0.3) is 0 Å². The van der Waals surface area contributed by atoms with Crippen LogP contribution in [-0.4, -0.2) is 42.4 Å².